The summed E-state index contributed by atoms with van der Waals surface area (Å²) in [4.78, 5) is 22.4. The third-order valence-electron chi connectivity index (χ3n) is 2.92. The van der Waals surface area contributed by atoms with Crippen molar-refractivity contribution in [2.45, 2.75) is 12.5 Å². The number of carboxylic acids is 1. The monoisotopic (exact) mass is 279 g/mol. The van der Waals surface area contributed by atoms with Gasteiger partial charge >= 0.3 is 5.97 Å². The van der Waals surface area contributed by atoms with Gasteiger partial charge in [-0.1, -0.05) is 6.07 Å². The summed E-state index contributed by atoms with van der Waals surface area (Å²) in [6.07, 6.45) is 2.93. The van der Waals surface area contributed by atoms with Crippen molar-refractivity contribution < 1.29 is 23.8 Å². The second kappa shape index (κ2) is 6.29. The number of rotatable bonds is 4. The predicted octanol–water partition coefficient (Wildman–Crippen LogP) is 1.44. The van der Waals surface area contributed by atoms with Crippen molar-refractivity contribution >= 4 is 18.0 Å². The molecule has 0 bridgehead atoms. The van der Waals surface area contributed by atoms with Crippen LogP contribution in [0.4, 0.5) is 4.39 Å². The molecule has 1 aromatic rings. The lowest BCUT2D eigenvalue weighted by atomic mass is 10.1. The molecule has 1 heterocycles. The molecular formula is C14H14FNO4. The molecule has 1 aliphatic heterocycles. The van der Waals surface area contributed by atoms with Crippen LogP contribution in [0.1, 0.15) is 22.3 Å². The van der Waals surface area contributed by atoms with E-state index < -0.39 is 17.7 Å². The summed E-state index contributed by atoms with van der Waals surface area (Å²) in [5, 5.41) is 11.2. The quantitative estimate of drug-likeness (QED) is 0.818. The molecule has 1 unspecified atom stereocenters. The van der Waals surface area contributed by atoms with E-state index >= 15 is 0 Å². The number of benzene rings is 1. The van der Waals surface area contributed by atoms with Crippen LogP contribution in [0, 0.1) is 5.82 Å². The Morgan fingerprint density at radius 3 is 2.90 bits per heavy atom. The van der Waals surface area contributed by atoms with Gasteiger partial charge in [-0.15, -0.1) is 0 Å². The molecule has 1 aromatic carbocycles. The lowest BCUT2D eigenvalue weighted by Crippen LogP contribution is -2.35. The molecule has 2 N–H and O–H groups in total. The molecule has 1 fully saturated rings. The maximum atomic E-state index is 13.7. The van der Waals surface area contributed by atoms with Gasteiger partial charge in [-0.2, -0.15) is 0 Å². The highest BCUT2D eigenvalue weighted by molar-refractivity contribution is 5.95. The Balaban J connectivity index is 2.14. The van der Waals surface area contributed by atoms with E-state index in [4.69, 9.17) is 9.84 Å². The molecule has 0 radical (unpaired) electrons. The third kappa shape index (κ3) is 3.64. The summed E-state index contributed by atoms with van der Waals surface area (Å²) in [6.45, 7) is 1.00. The van der Waals surface area contributed by atoms with Crippen molar-refractivity contribution in [2.75, 3.05) is 13.2 Å². The number of carbonyl (C=O) groups excluding carboxylic acids is 1. The van der Waals surface area contributed by atoms with Gasteiger partial charge in [0, 0.05) is 12.7 Å². The van der Waals surface area contributed by atoms with Crippen LogP contribution in [0.5, 0.6) is 0 Å². The molecule has 0 saturated carbocycles. The number of nitrogens with one attached hydrogen (secondary N) is 1. The molecule has 1 saturated heterocycles. The average Bonchev–Trinajstić information content (AvgIpc) is 2.90. The molecule has 0 aromatic heterocycles. The first-order chi connectivity index (χ1) is 9.56. The molecule has 0 spiro atoms. The van der Waals surface area contributed by atoms with E-state index in [-0.39, 0.29) is 11.6 Å². The second-order valence-corrected chi connectivity index (χ2v) is 4.44. The van der Waals surface area contributed by atoms with E-state index in [1.807, 2.05) is 0 Å². The van der Waals surface area contributed by atoms with Crippen LogP contribution in [0.3, 0.4) is 0 Å². The van der Waals surface area contributed by atoms with Gasteiger partial charge in [-0.25, -0.2) is 9.18 Å². The van der Waals surface area contributed by atoms with Crippen LogP contribution in [-0.4, -0.2) is 36.2 Å². The van der Waals surface area contributed by atoms with Gasteiger partial charge in [0.2, 0.25) is 0 Å². The fourth-order valence-electron chi connectivity index (χ4n) is 1.90. The molecule has 1 amide bonds. The first kappa shape index (κ1) is 14.2. The van der Waals surface area contributed by atoms with E-state index in [1.54, 1.807) is 0 Å². The zero-order valence-electron chi connectivity index (χ0n) is 10.6. The first-order valence-electron chi connectivity index (χ1n) is 6.15. The van der Waals surface area contributed by atoms with Crippen LogP contribution < -0.4 is 5.32 Å². The Labute approximate surface area is 115 Å². The van der Waals surface area contributed by atoms with E-state index in [2.05, 4.69) is 5.32 Å². The molecule has 2 rings (SSSR count). The number of carboxylic acid groups (broad SMARTS) is 1. The molecule has 1 atom stereocenters. The second-order valence-electron chi connectivity index (χ2n) is 4.44. The summed E-state index contributed by atoms with van der Waals surface area (Å²) >= 11 is 0. The fraction of sp³-hybridized carbons (Fsp3) is 0.286. The summed E-state index contributed by atoms with van der Waals surface area (Å²) in [5.74, 6) is -2.28. The van der Waals surface area contributed by atoms with Crippen molar-refractivity contribution in [3.8, 4) is 0 Å². The van der Waals surface area contributed by atoms with Crippen molar-refractivity contribution in [1.29, 1.82) is 0 Å². The Morgan fingerprint density at radius 2 is 2.25 bits per heavy atom. The minimum absolute atomic E-state index is 0.107. The average molecular weight is 279 g/mol. The van der Waals surface area contributed by atoms with Gasteiger partial charge < -0.3 is 15.2 Å². The molecular weight excluding hydrogens is 265 g/mol. The van der Waals surface area contributed by atoms with Crippen molar-refractivity contribution in [3.63, 3.8) is 0 Å². The fourth-order valence-corrected chi connectivity index (χ4v) is 1.90. The lowest BCUT2D eigenvalue weighted by Gasteiger charge is -2.11. The highest BCUT2D eigenvalue weighted by Gasteiger charge is 2.20. The zero-order valence-corrected chi connectivity index (χ0v) is 10.6. The van der Waals surface area contributed by atoms with Gasteiger partial charge in [0.1, 0.15) is 5.82 Å². The van der Waals surface area contributed by atoms with Crippen molar-refractivity contribution in [2.24, 2.45) is 0 Å². The number of ether oxygens (including phenoxy) is 1. The topological polar surface area (TPSA) is 75.6 Å². The van der Waals surface area contributed by atoms with E-state index in [0.717, 1.165) is 12.1 Å². The molecule has 5 nitrogen and oxygen atoms in total. The minimum atomic E-state index is -1.11. The number of hydrogen-bond donors (Lipinski definition) is 2. The number of aliphatic carboxylic acids is 1. The standard InChI is InChI=1S/C14H14FNO4/c15-12-3-1-9(2-4-13(17)18)7-11(12)14(19)16-10-5-6-20-8-10/h1-4,7,10H,5-6,8H2,(H,16,19)(H,17,18)/b4-2+. The predicted molar refractivity (Wildman–Crippen MR) is 69.8 cm³/mol. The Hall–Kier alpha value is -2.21. The SMILES string of the molecule is O=C(O)/C=C/c1ccc(F)c(C(=O)NC2CCOC2)c1. The van der Waals surface area contributed by atoms with Crippen molar-refractivity contribution in [1.82, 2.24) is 5.32 Å². The summed E-state index contributed by atoms with van der Waals surface area (Å²) in [7, 11) is 0. The normalized spacial score (nSPS) is 18.4. The maximum absolute atomic E-state index is 13.7. The number of hydrogen-bond acceptors (Lipinski definition) is 3. The Morgan fingerprint density at radius 1 is 1.45 bits per heavy atom. The maximum Gasteiger partial charge on any atom is 0.328 e. The van der Waals surface area contributed by atoms with Crippen molar-refractivity contribution in [3.05, 3.63) is 41.2 Å². The highest BCUT2D eigenvalue weighted by Crippen LogP contribution is 2.13. The summed E-state index contributed by atoms with van der Waals surface area (Å²) in [6, 6.07) is 3.76. The molecule has 6 heteroatoms. The van der Waals surface area contributed by atoms with Gasteiger partial charge in [0.25, 0.3) is 5.91 Å². The smallest absolute Gasteiger partial charge is 0.328 e. The Bertz CT molecular complexity index is 550. The van der Waals surface area contributed by atoms with E-state index in [9.17, 15) is 14.0 Å². The van der Waals surface area contributed by atoms with Gasteiger partial charge in [-0.3, -0.25) is 4.79 Å². The van der Waals surface area contributed by atoms with Gasteiger partial charge in [-0.05, 0) is 30.2 Å². The largest absolute Gasteiger partial charge is 0.478 e. The van der Waals surface area contributed by atoms with E-state index in [1.165, 1.54) is 18.2 Å². The van der Waals surface area contributed by atoms with Gasteiger partial charge in [0.05, 0.1) is 18.2 Å². The van der Waals surface area contributed by atoms with E-state index in [0.29, 0.717) is 25.2 Å². The first-order valence-corrected chi connectivity index (χ1v) is 6.15. The molecule has 106 valence electrons. The van der Waals surface area contributed by atoms with Gasteiger partial charge in [0.15, 0.2) is 0 Å². The van der Waals surface area contributed by atoms with Crippen LogP contribution >= 0.6 is 0 Å². The van der Waals surface area contributed by atoms with Crippen LogP contribution in [0.2, 0.25) is 0 Å². The number of halogens is 1. The number of amides is 1. The highest BCUT2D eigenvalue weighted by atomic mass is 19.1. The lowest BCUT2D eigenvalue weighted by molar-refractivity contribution is -0.131. The molecule has 20 heavy (non-hydrogen) atoms. The minimum Gasteiger partial charge on any atom is -0.478 e. The van der Waals surface area contributed by atoms with Crippen LogP contribution in [0.25, 0.3) is 6.08 Å². The molecule has 0 aliphatic carbocycles. The third-order valence-corrected chi connectivity index (χ3v) is 2.92. The van der Waals surface area contributed by atoms with Crippen LogP contribution in [0.15, 0.2) is 24.3 Å². The summed E-state index contributed by atoms with van der Waals surface area (Å²) < 4.78 is 18.8. The van der Waals surface area contributed by atoms with Crippen LogP contribution in [-0.2, 0) is 9.53 Å². The number of carbonyl (C=O) groups is 2. The summed E-state index contributed by atoms with van der Waals surface area (Å²) in [5.41, 5.74) is 0.339. The molecule has 1 aliphatic rings. The zero-order chi connectivity index (χ0) is 14.5. The Kier molecular flexibility index (Phi) is 4.47.